The number of nitrogens with one attached hydrogen (secondary N) is 4. The predicted molar refractivity (Wildman–Crippen MR) is 154 cm³/mol. The van der Waals surface area contributed by atoms with Crippen LogP contribution in [-0.4, -0.2) is 66.4 Å². The summed E-state index contributed by atoms with van der Waals surface area (Å²) >= 11 is 0. The van der Waals surface area contributed by atoms with Crippen LogP contribution in [0.1, 0.15) is 22.5 Å². The Morgan fingerprint density at radius 2 is 1.12 bits per heavy atom. The fourth-order valence-electron chi connectivity index (χ4n) is 4.35. The molecule has 43 heavy (non-hydrogen) atoms. The number of hydrogen-bond acceptors (Lipinski definition) is 8. The third kappa shape index (κ3) is 7.94. The number of hydrogen-bond donors (Lipinski definition) is 4. The van der Waals surface area contributed by atoms with E-state index in [2.05, 4.69) is 39.9 Å². The van der Waals surface area contributed by atoms with E-state index in [1.807, 2.05) is 48.5 Å². The van der Waals surface area contributed by atoms with Crippen LogP contribution in [0.3, 0.4) is 0 Å². The number of carboxylic acids is 2. The van der Waals surface area contributed by atoms with Crippen LogP contribution in [0.2, 0.25) is 0 Å². The molecule has 0 aliphatic carbocycles. The molecule has 6 aromatic rings. The molecule has 1 radical (unpaired) electrons. The van der Waals surface area contributed by atoms with E-state index in [1.54, 1.807) is 37.2 Å². The zero-order chi connectivity index (χ0) is 29.3. The van der Waals surface area contributed by atoms with Gasteiger partial charge in [0.25, 0.3) is 0 Å². The molecule has 4 N–H and O–H groups in total. The molecule has 4 aromatic heterocycles. The Labute approximate surface area is 255 Å². The molecule has 0 bridgehead atoms. The first kappa shape index (κ1) is 30.7. The summed E-state index contributed by atoms with van der Waals surface area (Å²) in [6.07, 6.45) is 13.4. The first-order chi connectivity index (χ1) is 20.5. The van der Waals surface area contributed by atoms with Crippen LogP contribution >= 0.6 is 0 Å². The molecule has 0 amide bonds. The molecule has 0 fully saturated rings. The molecule has 13 heteroatoms. The van der Waals surface area contributed by atoms with Crippen molar-refractivity contribution in [3.05, 3.63) is 108 Å². The second-order valence-electron chi connectivity index (χ2n) is 9.37. The van der Waals surface area contributed by atoms with E-state index in [0.717, 1.165) is 32.9 Å². The van der Waals surface area contributed by atoms with E-state index in [9.17, 15) is 19.8 Å². The number of carbonyl (C=O) groups is 2. The number of para-hydroxylation sites is 2. The van der Waals surface area contributed by atoms with Crippen LogP contribution < -0.4 is 10.2 Å². The van der Waals surface area contributed by atoms with Gasteiger partial charge in [-0.3, -0.25) is 9.98 Å². The van der Waals surface area contributed by atoms with Crippen molar-refractivity contribution in [2.75, 3.05) is 0 Å². The number of aromatic nitrogens is 6. The van der Waals surface area contributed by atoms with Gasteiger partial charge in [0, 0.05) is 94.4 Å². The van der Waals surface area contributed by atoms with Gasteiger partial charge in [0.15, 0.2) is 0 Å². The van der Waals surface area contributed by atoms with Crippen molar-refractivity contribution in [1.29, 1.82) is 0 Å². The molecule has 6 rings (SSSR count). The largest absolute Gasteiger partial charge is 2.00 e. The number of benzene rings is 2. The number of imidazole rings is 2. The second-order valence-corrected chi connectivity index (χ2v) is 9.37. The van der Waals surface area contributed by atoms with Crippen molar-refractivity contribution in [2.45, 2.75) is 24.9 Å². The number of nitrogens with zero attached hydrogens (tertiary/aromatic N) is 4. The van der Waals surface area contributed by atoms with Crippen molar-refractivity contribution in [3.63, 3.8) is 0 Å². The van der Waals surface area contributed by atoms with Crippen LogP contribution in [0, 0.1) is 0 Å². The smallest absolute Gasteiger partial charge is 0.548 e. The zero-order valence-corrected chi connectivity index (χ0v) is 23.5. The van der Waals surface area contributed by atoms with Gasteiger partial charge >= 0.3 is 17.1 Å². The van der Waals surface area contributed by atoms with Gasteiger partial charge in [0.2, 0.25) is 0 Å². The molecule has 0 saturated heterocycles. The summed E-state index contributed by atoms with van der Waals surface area (Å²) in [7, 11) is 0. The summed E-state index contributed by atoms with van der Waals surface area (Å²) < 4.78 is 0. The topological polar surface area (TPSA) is 194 Å². The Morgan fingerprint density at radius 3 is 1.49 bits per heavy atom. The zero-order valence-electron chi connectivity index (χ0n) is 22.5. The van der Waals surface area contributed by atoms with Gasteiger partial charge in [-0.25, -0.2) is 9.97 Å². The third-order valence-corrected chi connectivity index (χ3v) is 6.51. The van der Waals surface area contributed by atoms with Gasteiger partial charge in [0.05, 0.1) is 36.7 Å². The summed E-state index contributed by atoms with van der Waals surface area (Å²) in [6.45, 7) is 0. The molecule has 4 heterocycles. The van der Waals surface area contributed by atoms with Crippen molar-refractivity contribution in [3.8, 4) is 0 Å². The maximum atomic E-state index is 11.2. The van der Waals surface area contributed by atoms with Crippen LogP contribution in [-0.2, 0) is 39.5 Å². The van der Waals surface area contributed by atoms with Crippen LogP contribution in [0.4, 0.5) is 0 Å². The molecule has 0 spiro atoms. The molecule has 0 aliphatic heterocycles. The molecular formula is C30H26CuN8O4. The fraction of sp³-hybridized carbons (Fsp3) is 0.133. The molecule has 12 nitrogen and oxygen atoms in total. The first-order valence-electron chi connectivity index (χ1n) is 13.0. The minimum Gasteiger partial charge on any atom is -0.548 e. The average molecular weight is 626 g/mol. The summed E-state index contributed by atoms with van der Waals surface area (Å²) in [5.74, 6) is -2.42. The molecule has 2 atom stereocenters. The minimum atomic E-state index is -1.21. The van der Waals surface area contributed by atoms with Gasteiger partial charge in [-0.15, -0.1) is 0 Å². The molecule has 0 aliphatic rings. The van der Waals surface area contributed by atoms with Crippen LogP contribution in [0.15, 0.2) is 96.0 Å². The Bertz CT molecular complexity index is 1690. The Morgan fingerprint density at radius 1 is 0.698 bits per heavy atom. The quantitative estimate of drug-likeness (QED) is 0.131. The Balaban J connectivity index is 0.000000192. The number of aromatic amines is 4. The SMILES string of the molecule is O=C([O-])[C@H](Cc1cnc[nH]1)N=Cc1c[nH]c2ccccc12.O=C([O-])[C@H](Cc1cnc[nH]1)N=Cc1c[nH]c2ccccc12.[Cu+2]. The normalized spacial score (nSPS) is 12.7. The van der Waals surface area contributed by atoms with Crippen molar-refractivity contribution in [1.82, 2.24) is 29.9 Å². The molecule has 2 aromatic carbocycles. The molecule has 221 valence electrons. The number of carbonyl (C=O) groups excluding carboxylic acids is 2. The van der Waals surface area contributed by atoms with E-state index in [-0.39, 0.29) is 29.9 Å². The van der Waals surface area contributed by atoms with Crippen LogP contribution in [0.5, 0.6) is 0 Å². The maximum Gasteiger partial charge on any atom is 2.00 e. The van der Waals surface area contributed by atoms with E-state index in [0.29, 0.717) is 11.4 Å². The number of rotatable bonds is 10. The van der Waals surface area contributed by atoms with Gasteiger partial charge in [-0.2, -0.15) is 0 Å². The summed E-state index contributed by atoms with van der Waals surface area (Å²) in [4.78, 5) is 50.3. The third-order valence-electron chi connectivity index (χ3n) is 6.51. The number of aliphatic imine (C=N–C) groups is 2. The minimum absolute atomic E-state index is 0. The number of H-pyrrole nitrogens is 4. The summed E-state index contributed by atoms with van der Waals surface area (Å²) in [5.41, 5.74) is 5.08. The van der Waals surface area contributed by atoms with Gasteiger partial charge in [-0.1, -0.05) is 36.4 Å². The number of fused-ring (bicyclic) bond motifs is 2. The predicted octanol–water partition coefficient (Wildman–Crippen LogP) is 1.34. The summed E-state index contributed by atoms with van der Waals surface area (Å²) in [6, 6.07) is 13.6. The molecular weight excluding hydrogens is 600 g/mol. The van der Waals surface area contributed by atoms with E-state index in [4.69, 9.17) is 0 Å². The Kier molecular flexibility index (Phi) is 10.4. The first-order valence-corrected chi connectivity index (χ1v) is 13.0. The monoisotopic (exact) mass is 625 g/mol. The fourth-order valence-corrected chi connectivity index (χ4v) is 4.35. The van der Waals surface area contributed by atoms with Gasteiger partial charge < -0.3 is 39.7 Å². The van der Waals surface area contributed by atoms with E-state index >= 15 is 0 Å². The van der Waals surface area contributed by atoms with Crippen molar-refractivity contribution >= 4 is 46.2 Å². The average Bonchev–Trinajstić information content (AvgIpc) is 3.82. The van der Waals surface area contributed by atoms with Crippen molar-refractivity contribution in [2.24, 2.45) is 9.98 Å². The van der Waals surface area contributed by atoms with E-state index < -0.39 is 24.0 Å². The molecule has 0 unspecified atom stereocenters. The van der Waals surface area contributed by atoms with Crippen LogP contribution in [0.25, 0.3) is 21.8 Å². The van der Waals surface area contributed by atoms with Gasteiger partial charge in [0.1, 0.15) is 0 Å². The number of carboxylic acid groups (broad SMARTS) is 2. The maximum absolute atomic E-state index is 11.2. The van der Waals surface area contributed by atoms with Crippen molar-refractivity contribution < 1.29 is 36.9 Å². The summed E-state index contributed by atoms with van der Waals surface area (Å²) in [5, 5.41) is 24.4. The van der Waals surface area contributed by atoms with Gasteiger partial charge in [-0.05, 0) is 12.1 Å². The standard InChI is InChI=1S/2C15H14N4O2.Cu/c2*20-15(21)14(5-11-8-16-9-19-11)18-7-10-6-17-13-4-2-1-3-12(10)13;/h2*1-4,6-9,14,17H,5H2,(H,16,19)(H,20,21);/q;;+2/p-2/t2*14-;/m00./s1. The van der Waals surface area contributed by atoms with E-state index in [1.165, 1.54) is 12.7 Å². The molecule has 0 saturated carbocycles. The second kappa shape index (κ2) is 14.6. The Hall–Kier alpha value is -5.26. The number of aliphatic carboxylic acids is 2.